The van der Waals surface area contributed by atoms with Crippen LogP contribution >= 0.6 is 19.2 Å². The molecule has 0 heterocycles. The summed E-state index contributed by atoms with van der Waals surface area (Å²) >= 11 is 5.29. The third-order valence-corrected chi connectivity index (χ3v) is 3.05. The van der Waals surface area contributed by atoms with Gasteiger partial charge in [-0.3, -0.25) is 9.09 Å². The van der Waals surface area contributed by atoms with Gasteiger partial charge >= 0.3 is 7.60 Å². The lowest BCUT2D eigenvalue weighted by Crippen LogP contribution is -1.93. The van der Waals surface area contributed by atoms with Gasteiger partial charge in [-0.15, -0.1) is 0 Å². The molecule has 78 valence electrons. The normalized spacial score (nSPS) is 15.0. The van der Waals surface area contributed by atoms with Gasteiger partial charge in [-0.2, -0.15) is 0 Å². The third-order valence-electron chi connectivity index (χ3n) is 1.59. The van der Waals surface area contributed by atoms with Crippen molar-refractivity contribution in [2.45, 2.75) is 6.61 Å². The number of benzene rings is 1. The molecule has 1 atom stereocenters. The summed E-state index contributed by atoms with van der Waals surface area (Å²) in [5, 5.41) is 0. The van der Waals surface area contributed by atoms with Crippen LogP contribution in [0.5, 0.6) is 0 Å². The van der Waals surface area contributed by atoms with Crippen molar-refractivity contribution in [2.24, 2.45) is 0 Å². The molecule has 0 N–H and O–H groups in total. The van der Waals surface area contributed by atoms with Crippen LogP contribution in [-0.2, 0) is 20.2 Å². The quantitative estimate of drug-likeness (QED) is 0.580. The first kappa shape index (κ1) is 11.7. The summed E-state index contributed by atoms with van der Waals surface area (Å²) in [6, 6.07) is 9.34. The Hall–Kier alpha value is -0.340. The fourth-order valence-electron chi connectivity index (χ4n) is 0.892. The van der Waals surface area contributed by atoms with E-state index in [2.05, 4.69) is 0 Å². The van der Waals surface area contributed by atoms with Crippen molar-refractivity contribution in [1.82, 2.24) is 0 Å². The molecule has 0 amide bonds. The summed E-state index contributed by atoms with van der Waals surface area (Å²) in [4.78, 5) is 0. The van der Waals surface area contributed by atoms with Crippen LogP contribution in [0.4, 0.5) is 0 Å². The third kappa shape index (κ3) is 4.25. The minimum absolute atomic E-state index is 0.122. The second kappa shape index (κ2) is 5.52. The fraction of sp³-hybridized carbons (Fsp3) is 0.333. The summed E-state index contributed by atoms with van der Waals surface area (Å²) in [6.45, 7) is 1.67. The van der Waals surface area contributed by atoms with E-state index in [-0.39, 0.29) is 12.7 Å². The molecule has 0 saturated heterocycles. The van der Waals surface area contributed by atoms with Gasteiger partial charge in [-0.25, -0.2) is 0 Å². The molecule has 1 rings (SSSR count). The van der Waals surface area contributed by atoms with E-state index in [0.29, 0.717) is 0 Å². The maximum absolute atomic E-state index is 11.5. The van der Waals surface area contributed by atoms with Crippen LogP contribution < -0.4 is 0 Å². The maximum Gasteiger partial charge on any atom is 0.329 e. The Morgan fingerprint density at radius 3 is 2.50 bits per heavy atom. The molecule has 0 aliphatic heterocycles. The molecule has 5 heteroatoms. The average molecular weight is 235 g/mol. The molecular formula is C9H12ClO3P. The molecule has 0 spiro atoms. The highest BCUT2D eigenvalue weighted by Gasteiger charge is 2.15. The van der Waals surface area contributed by atoms with Crippen LogP contribution in [-0.4, -0.2) is 12.7 Å². The predicted molar refractivity (Wildman–Crippen MR) is 56.6 cm³/mol. The highest BCUT2D eigenvalue weighted by Crippen LogP contribution is 2.44. The molecule has 0 aliphatic carbocycles. The van der Waals surface area contributed by atoms with Gasteiger partial charge < -0.3 is 4.52 Å². The van der Waals surface area contributed by atoms with Crippen LogP contribution in [0.25, 0.3) is 0 Å². The van der Waals surface area contributed by atoms with Crippen LogP contribution in [0.3, 0.4) is 0 Å². The minimum Gasteiger partial charge on any atom is -0.304 e. The van der Waals surface area contributed by atoms with Crippen molar-refractivity contribution in [3.63, 3.8) is 0 Å². The molecule has 1 aromatic carbocycles. The Morgan fingerprint density at radius 2 is 1.93 bits per heavy atom. The highest BCUT2D eigenvalue weighted by atomic mass is 35.5. The Balaban J connectivity index is 2.45. The lowest BCUT2D eigenvalue weighted by molar-refractivity contribution is 0.223. The van der Waals surface area contributed by atoms with Crippen molar-refractivity contribution >= 4 is 19.2 Å². The summed E-state index contributed by atoms with van der Waals surface area (Å²) < 4.78 is 21.3. The monoisotopic (exact) mass is 234 g/mol. The standard InChI is InChI=1S/C9H12ClO3P/c1-14(11,13-8-10)12-7-9-5-3-2-4-6-9/h2-6H,7-8H2,1H3. The van der Waals surface area contributed by atoms with Crippen LogP contribution in [0.2, 0.25) is 0 Å². The Morgan fingerprint density at radius 1 is 1.29 bits per heavy atom. The zero-order chi connectivity index (χ0) is 10.4. The Labute approximate surface area is 88.5 Å². The molecule has 0 fully saturated rings. The molecule has 3 nitrogen and oxygen atoms in total. The molecular weight excluding hydrogens is 223 g/mol. The molecule has 1 aromatic rings. The average Bonchev–Trinajstić information content (AvgIpc) is 2.17. The molecule has 0 aromatic heterocycles. The topological polar surface area (TPSA) is 35.5 Å². The van der Waals surface area contributed by atoms with Gasteiger partial charge in [0.05, 0.1) is 6.61 Å². The smallest absolute Gasteiger partial charge is 0.304 e. The number of hydrogen-bond donors (Lipinski definition) is 0. The number of halogens is 1. The molecule has 1 unspecified atom stereocenters. The van der Waals surface area contributed by atoms with Gasteiger partial charge in [0.25, 0.3) is 0 Å². The van der Waals surface area contributed by atoms with Crippen molar-refractivity contribution < 1.29 is 13.6 Å². The second-order valence-electron chi connectivity index (χ2n) is 2.77. The zero-order valence-corrected chi connectivity index (χ0v) is 9.50. The number of hydrogen-bond acceptors (Lipinski definition) is 3. The predicted octanol–water partition coefficient (Wildman–Crippen LogP) is 3.24. The van der Waals surface area contributed by atoms with Gasteiger partial charge in [0.2, 0.25) is 0 Å². The lowest BCUT2D eigenvalue weighted by Gasteiger charge is -2.11. The minimum atomic E-state index is -2.99. The highest BCUT2D eigenvalue weighted by molar-refractivity contribution is 7.53. The fourth-order valence-corrected chi connectivity index (χ4v) is 2.06. The first-order valence-corrected chi connectivity index (χ1v) is 6.63. The Bertz CT molecular complexity index is 315. The Kier molecular flexibility index (Phi) is 4.63. The summed E-state index contributed by atoms with van der Waals surface area (Å²) in [6.07, 6.45) is 0. The SMILES string of the molecule is CP(=O)(OCCl)OCc1ccccc1. The van der Waals surface area contributed by atoms with Crippen molar-refractivity contribution in [3.05, 3.63) is 35.9 Å². The van der Waals surface area contributed by atoms with E-state index in [9.17, 15) is 4.57 Å². The number of alkyl halides is 1. The van der Waals surface area contributed by atoms with Crippen molar-refractivity contribution in [2.75, 3.05) is 12.7 Å². The van der Waals surface area contributed by atoms with E-state index in [1.165, 1.54) is 6.66 Å². The van der Waals surface area contributed by atoms with Crippen molar-refractivity contribution in [3.8, 4) is 0 Å². The first-order valence-electron chi connectivity index (χ1n) is 4.10. The van der Waals surface area contributed by atoms with E-state index in [0.717, 1.165) is 5.56 Å². The summed E-state index contributed by atoms with van der Waals surface area (Å²) in [7, 11) is -2.99. The molecule has 0 aliphatic rings. The van der Waals surface area contributed by atoms with Crippen LogP contribution in [0, 0.1) is 0 Å². The van der Waals surface area contributed by atoms with Gasteiger partial charge in [0.15, 0.2) is 0 Å². The van der Waals surface area contributed by atoms with E-state index >= 15 is 0 Å². The summed E-state index contributed by atoms with van der Waals surface area (Å²) in [5.41, 5.74) is 0.952. The molecule has 0 saturated carbocycles. The van der Waals surface area contributed by atoms with Gasteiger partial charge in [-0.1, -0.05) is 41.9 Å². The summed E-state index contributed by atoms with van der Waals surface area (Å²) in [5.74, 6) is 0. The van der Waals surface area contributed by atoms with Gasteiger partial charge in [-0.05, 0) is 5.56 Å². The van der Waals surface area contributed by atoms with E-state index < -0.39 is 7.60 Å². The van der Waals surface area contributed by atoms with Crippen LogP contribution in [0.15, 0.2) is 30.3 Å². The maximum atomic E-state index is 11.5. The first-order chi connectivity index (χ1) is 6.64. The van der Waals surface area contributed by atoms with Gasteiger partial charge in [0, 0.05) is 6.66 Å². The van der Waals surface area contributed by atoms with E-state index in [1.807, 2.05) is 30.3 Å². The molecule has 0 radical (unpaired) electrons. The van der Waals surface area contributed by atoms with E-state index in [4.69, 9.17) is 20.6 Å². The lowest BCUT2D eigenvalue weighted by atomic mass is 10.2. The van der Waals surface area contributed by atoms with Crippen molar-refractivity contribution in [1.29, 1.82) is 0 Å². The van der Waals surface area contributed by atoms with Crippen LogP contribution in [0.1, 0.15) is 5.56 Å². The van der Waals surface area contributed by atoms with Gasteiger partial charge in [0.1, 0.15) is 6.07 Å². The number of rotatable bonds is 5. The second-order valence-corrected chi connectivity index (χ2v) is 5.05. The largest absolute Gasteiger partial charge is 0.329 e. The molecule has 14 heavy (non-hydrogen) atoms. The molecule has 0 bridgehead atoms. The zero-order valence-electron chi connectivity index (χ0n) is 7.85. The van der Waals surface area contributed by atoms with E-state index in [1.54, 1.807) is 0 Å².